The van der Waals surface area contributed by atoms with Crippen LogP contribution in [-0.4, -0.2) is 91.0 Å². The van der Waals surface area contributed by atoms with E-state index in [-0.39, 0.29) is 42.7 Å². The van der Waals surface area contributed by atoms with Crippen molar-refractivity contribution in [3.8, 4) is 5.75 Å². The Kier molecular flexibility index (Phi) is 14.3. The first-order valence-corrected chi connectivity index (χ1v) is 17.8. The number of carbonyl (C=O) groups excluding carboxylic acids is 2. The molecule has 1 aromatic carbocycles. The Morgan fingerprint density at radius 1 is 1.00 bits per heavy atom. The molecule has 9 nitrogen and oxygen atoms in total. The highest BCUT2D eigenvalue weighted by Crippen LogP contribution is 2.29. The van der Waals surface area contributed by atoms with E-state index in [0.717, 1.165) is 64.0 Å². The summed E-state index contributed by atoms with van der Waals surface area (Å²) in [5.74, 6) is 1.08. The summed E-state index contributed by atoms with van der Waals surface area (Å²) in [5, 5.41) is 16.3. The van der Waals surface area contributed by atoms with Crippen LogP contribution in [0.1, 0.15) is 115 Å². The van der Waals surface area contributed by atoms with Crippen LogP contribution >= 0.6 is 0 Å². The van der Waals surface area contributed by atoms with Gasteiger partial charge in [0.15, 0.2) is 0 Å². The zero-order valence-corrected chi connectivity index (χ0v) is 28.4. The number of hydrogen-bond acceptors (Lipinski definition) is 6. The van der Waals surface area contributed by atoms with E-state index < -0.39 is 6.04 Å². The average Bonchev–Trinajstić information content (AvgIpc) is 3.03. The minimum absolute atomic E-state index is 0.0349. The zero-order valence-electron chi connectivity index (χ0n) is 28.4. The summed E-state index contributed by atoms with van der Waals surface area (Å²) < 4.78 is 12.9. The third-order valence-electron chi connectivity index (χ3n) is 10.0. The Balaban J connectivity index is 1.54. The van der Waals surface area contributed by atoms with Crippen LogP contribution in [0, 0.1) is 11.8 Å². The maximum atomic E-state index is 14.4. The summed E-state index contributed by atoms with van der Waals surface area (Å²) in [6.07, 6.45) is 14.7. The molecule has 0 bridgehead atoms. The van der Waals surface area contributed by atoms with Crippen molar-refractivity contribution in [2.24, 2.45) is 11.8 Å². The van der Waals surface area contributed by atoms with Crippen molar-refractivity contribution in [1.82, 2.24) is 15.1 Å². The van der Waals surface area contributed by atoms with Crippen molar-refractivity contribution < 1.29 is 24.2 Å². The second-order valence-electron chi connectivity index (χ2n) is 14.2. The van der Waals surface area contributed by atoms with Crippen LogP contribution in [0.25, 0.3) is 0 Å². The van der Waals surface area contributed by atoms with Gasteiger partial charge in [-0.2, -0.15) is 0 Å². The van der Waals surface area contributed by atoms with Crippen LogP contribution < -0.4 is 15.4 Å². The number of carbonyl (C=O) groups is 2. The zero-order chi connectivity index (χ0) is 32.2. The first kappa shape index (κ1) is 35.5. The summed E-state index contributed by atoms with van der Waals surface area (Å²) >= 11 is 0. The Labute approximate surface area is 271 Å². The molecule has 0 spiro atoms. The Morgan fingerprint density at radius 2 is 1.69 bits per heavy atom. The fourth-order valence-electron chi connectivity index (χ4n) is 7.25. The molecule has 4 atom stereocenters. The van der Waals surface area contributed by atoms with Gasteiger partial charge in [0.25, 0.3) is 5.91 Å². The Morgan fingerprint density at radius 3 is 2.40 bits per heavy atom. The fraction of sp³-hybridized carbons (Fsp3) is 0.778. The average molecular weight is 629 g/mol. The number of urea groups is 1. The van der Waals surface area contributed by atoms with Gasteiger partial charge >= 0.3 is 6.03 Å². The molecule has 0 saturated heterocycles. The number of fused-ring (bicyclic) bond motifs is 1. The van der Waals surface area contributed by atoms with E-state index in [2.05, 4.69) is 29.5 Å². The maximum Gasteiger partial charge on any atom is 0.319 e. The van der Waals surface area contributed by atoms with Gasteiger partial charge in [0.2, 0.25) is 0 Å². The second-order valence-corrected chi connectivity index (χ2v) is 14.2. The van der Waals surface area contributed by atoms with Crippen molar-refractivity contribution >= 4 is 17.6 Å². The van der Waals surface area contributed by atoms with Crippen molar-refractivity contribution in [3.63, 3.8) is 0 Å². The van der Waals surface area contributed by atoms with E-state index in [9.17, 15) is 14.7 Å². The minimum Gasteiger partial charge on any atom is -0.490 e. The highest BCUT2D eigenvalue weighted by molar-refractivity contribution is 5.99. The highest BCUT2D eigenvalue weighted by Gasteiger charge is 2.31. The van der Waals surface area contributed by atoms with E-state index in [1.165, 1.54) is 38.5 Å². The van der Waals surface area contributed by atoms with Crippen LogP contribution in [0.4, 0.5) is 10.5 Å². The summed E-state index contributed by atoms with van der Waals surface area (Å²) in [6.45, 7) is 8.92. The molecule has 2 aliphatic carbocycles. The van der Waals surface area contributed by atoms with Gasteiger partial charge in [-0.15, -0.1) is 0 Å². The van der Waals surface area contributed by atoms with Crippen LogP contribution in [-0.2, 0) is 4.74 Å². The summed E-state index contributed by atoms with van der Waals surface area (Å²) in [7, 11) is 2.20. The topological polar surface area (TPSA) is 103 Å². The molecule has 0 unspecified atom stereocenters. The number of aliphatic hydroxyl groups is 1. The lowest BCUT2D eigenvalue weighted by Crippen LogP contribution is -2.47. The molecule has 2 fully saturated rings. The van der Waals surface area contributed by atoms with Gasteiger partial charge in [-0.25, -0.2) is 4.79 Å². The van der Waals surface area contributed by atoms with Crippen molar-refractivity contribution in [3.05, 3.63) is 23.8 Å². The lowest BCUT2D eigenvalue weighted by molar-refractivity contribution is -0.0190. The van der Waals surface area contributed by atoms with E-state index in [1.807, 2.05) is 13.8 Å². The first-order chi connectivity index (χ1) is 21.7. The van der Waals surface area contributed by atoms with Crippen molar-refractivity contribution in [2.75, 3.05) is 45.2 Å². The lowest BCUT2D eigenvalue weighted by Gasteiger charge is -2.36. The van der Waals surface area contributed by atoms with Gasteiger partial charge in [-0.1, -0.05) is 45.4 Å². The number of aliphatic hydroxyl groups excluding tert-OH is 1. The molecule has 3 N–H and O–H groups in total. The maximum absolute atomic E-state index is 14.4. The van der Waals surface area contributed by atoms with E-state index in [1.54, 1.807) is 23.1 Å². The smallest absolute Gasteiger partial charge is 0.319 e. The number of hydrogen-bond donors (Lipinski definition) is 3. The van der Waals surface area contributed by atoms with Crippen molar-refractivity contribution in [1.29, 1.82) is 0 Å². The fourth-order valence-corrected chi connectivity index (χ4v) is 7.25. The molecule has 4 rings (SSSR count). The van der Waals surface area contributed by atoms with E-state index >= 15 is 0 Å². The number of benzene rings is 1. The SMILES string of the molecule is C[C@H](CO)N1C[C@H](C)[C@H](CN(C)CC2CCCCC2)OCCCC[C@H](C)Oc2ccc(NC(=O)NC3CCCCC3)cc2C1=O. The molecular weight excluding hydrogens is 568 g/mol. The normalized spacial score (nSPS) is 25.6. The van der Waals surface area contributed by atoms with Crippen molar-refractivity contribution in [2.45, 2.75) is 129 Å². The Bertz CT molecular complexity index is 1060. The monoisotopic (exact) mass is 628 g/mol. The summed E-state index contributed by atoms with van der Waals surface area (Å²) in [5.41, 5.74) is 0.941. The molecule has 1 heterocycles. The number of nitrogens with one attached hydrogen (secondary N) is 2. The Hall–Kier alpha value is -2.36. The van der Waals surface area contributed by atoms with Crippen LogP contribution in [0.2, 0.25) is 0 Å². The van der Waals surface area contributed by atoms with Crippen LogP contribution in [0.15, 0.2) is 18.2 Å². The number of ether oxygens (including phenoxy) is 2. The molecule has 3 aliphatic rings. The largest absolute Gasteiger partial charge is 0.490 e. The molecular formula is C36H60N4O5. The van der Waals surface area contributed by atoms with E-state index in [0.29, 0.717) is 30.2 Å². The third-order valence-corrected chi connectivity index (χ3v) is 10.0. The molecule has 0 aromatic heterocycles. The van der Waals surface area contributed by atoms with E-state index in [4.69, 9.17) is 9.47 Å². The van der Waals surface area contributed by atoms with Gasteiger partial charge in [-0.3, -0.25) is 4.79 Å². The molecule has 3 amide bonds. The standard InChI is InChI=1S/C36H60N4O5/c1-26-22-40(27(2)25-41)35(42)32-21-31(38-36(43)37-30-16-9-6-10-17-30)18-19-33(32)45-28(3)13-11-12-20-44-34(26)24-39(4)23-29-14-7-5-8-15-29/h18-19,21,26-30,34,41H,5-17,20,22-25H2,1-4H3,(H2,37,38,43)/t26-,27+,28-,34-/m0/s1. The summed E-state index contributed by atoms with van der Waals surface area (Å²) in [6, 6.07) is 4.85. The van der Waals surface area contributed by atoms with Gasteiger partial charge in [0.05, 0.1) is 30.4 Å². The molecule has 1 aromatic rings. The number of nitrogens with zero attached hydrogens (tertiary/aromatic N) is 2. The van der Waals surface area contributed by atoms with Gasteiger partial charge in [-0.05, 0) is 90.0 Å². The highest BCUT2D eigenvalue weighted by atomic mass is 16.5. The third kappa shape index (κ3) is 11.1. The number of anilines is 1. The molecule has 45 heavy (non-hydrogen) atoms. The molecule has 0 radical (unpaired) electrons. The van der Waals surface area contributed by atoms with Gasteiger partial charge in [0, 0.05) is 43.9 Å². The number of likely N-dealkylation sites (N-methyl/N-ethyl adjacent to an activating group) is 1. The number of amides is 3. The van der Waals surface area contributed by atoms with Gasteiger partial charge < -0.3 is 35.0 Å². The molecule has 9 heteroatoms. The molecule has 254 valence electrons. The predicted octanol–water partition coefficient (Wildman–Crippen LogP) is 6.45. The molecule has 1 aliphatic heterocycles. The minimum atomic E-state index is -0.398. The van der Waals surface area contributed by atoms with Crippen LogP contribution in [0.5, 0.6) is 5.75 Å². The van der Waals surface area contributed by atoms with Crippen LogP contribution in [0.3, 0.4) is 0 Å². The quantitative estimate of drug-likeness (QED) is 0.306. The number of rotatable bonds is 8. The lowest BCUT2D eigenvalue weighted by atomic mass is 9.89. The predicted molar refractivity (Wildman–Crippen MR) is 180 cm³/mol. The second kappa shape index (κ2) is 18.1. The first-order valence-electron chi connectivity index (χ1n) is 17.8. The van der Waals surface area contributed by atoms with Gasteiger partial charge in [0.1, 0.15) is 5.75 Å². The molecule has 2 saturated carbocycles. The summed E-state index contributed by atoms with van der Waals surface area (Å²) in [4.78, 5) is 31.4.